The number of benzene rings is 1. The molecule has 6 nitrogen and oxygen atoms in total. The topological polar surface area (TPSA) is 56.7 Å². The third-order valence-electron chi connectivity index (χ3n) is 7.27. The summed E-state index contributed by atoms with van der Waals surface area (Å²) in [6, 6.07) is 11.2. The second-order valence-electron chi connectivity index (χ2n) is 9.41. The van der Waals surface area contributed by atoms with Crippen molar-refractivity contribution in [2.24, 2.45) is 11.0 Å². The Bertz CT molecular complexity index is 907. The standard InChI is InChI=1S/C27H38N6/c1-4-32-15-17-33(18-16-32)26-11-9-23(10-12-26)22(3)30-31-27(19-25-13-14-28-20-29-25)24-7-5-21(2)6-8-24/h5-8,13-14,20,23,26,30H,3-4,9-12,15-19H2,1-2H3/b31-27+. The Labute approximate surface area is 198 Å². The van der Waals surface area contributed by atoms with Crippen LogP contribution in [0.25, 0.3) is 0 Å². The molecule has 4 rings (SSSR count). The molecule has 1 saturated carbocycles. The number of hydrogen-bond donors (Lipinski definition) is 1. The quantitative estimate of drug-likeness (QED) is 0.490. The van der Waals surface area contributed by atoms with Gasteiger partial charge < -0.3 is 4.90 Å². The van der Waals surface area contributed by atoms with Crippen molar-refractivity contribution in [3.63, 3.8) is 0 Å². The third kappa shape index (κ3) is 6.49. The molecule has 1 aromatic carbocycles. The Morgan fingerprint density at radius 1 is 1.06 bits per heavy atom. The van der Waals surface area contributed by atoms with E-state index in [4.69, 9.17) is 5.10 Å². The van der Waals surface area contributed by atoms with E-state index in [1.54, 1.807) is 12.5 Å². The van der Waals surface area contributed by atoms with Crippen LogP contribution in [-0.4, -0.2) is 64.2 Å². The van der Waals surface area contributed by atoms with E-state index in [1.165, 1.54) is 64.0 Å². The summed E-state index contributed by atoms with van der Waals surface area (Å²) in [6.45, 7) is 14.8. The molecule has 2 aromatic rings. The number of nitrogens with one attached hydrogen (secondary N) is 1. The fourth-order valence-electron chi connectivity index (χ4n) is 5.01. The Hall–Kier alpha value is -2.57. The third-order valence-corrected chi connectivity index (χ3v) is 7.27. The molecule has 0 radical (unpaired) electrons. The highest BCUT2D eigenvalue weighted by Gasteiger charge is 2.29. The Kier molecular flexibility index (Phi) is 8.24. The molecule has 2 fully saturated rings. The van der Waals surface area contributed by atoms with Gasteiger partial charge >= 0.3 is 0 Å². The van der Waals surface area contributed by atoms with E-state index in [1.807, 2.05) is 6.07 Å². The summed E-state index contributed by atoms with van der Waals surface area (Å²) in [5, 5.41) is 4.81. The van der Waals surface area contributed by atoms with Crippen LogP contribution in [-0.2, 0) is 6.42 Å². The van der Waals surface area contributed by atoms with Crippen molar-refractivity contribution >= 4 is 5.71 Å². The summed E-state index contributed by atoms with van der Waals surface area (Å²) in [5.74, 6) is 0.486. The molecule has 0 spiro atoms. The first-order chi connectivity index (χ1) is 16.1. The van der Waals surface area contributed by atoms with E-state index >= 15 is 0 Å². The fourth-order valence-corrected chi connectivity index (χ4v) is 5.01. The minimum atomic E-state index is 0.486. The number of allylic oxidation sites excluding steroid dienone is 1. The van der Waals surface area contributed by atoms with Crippen LogP contribution in [0.1, 0.15) is 49.4 Å². The van der Waals surface area contributed by atoms with Crippen molar-refractivity contribution in [2.45, 2.75) is 52.0 Å². The van der Waals surface area contributed by atoms with Crippen LogP contribution >= 0.6 is 0 Å². The molecule has 1 aliphatic carbocycles. The van der Waals surface area contributed by atoms with Gasteiger partial charge in [-0.05, 0) is 50.8 Å². The highest BCUT2D eigenvalue weighted by molar-refractivity contribution is 6.01. The molecular weight excluding hydrogens is 408 g/mol. The number of likely N-dealkylation sites (N-methyl/N-ethyl adjacent to an activating group) is 1. The van der Waals surface area contributed by atoms with Gasteiger partial charge in [-0.1, -0.05) is 43.3 Å². The van der Waals surface area contributed by atoms with Crippen LogP contribution in [0, 0.1) is 12.8 Å². The lowest BCUT2D eigenvalue weighted by atomic mass is 9.83. The first kappa shape index (κ1) is 23.6. The fraction of sp³-hybridized carbons (Fsp3) is 0.519. The molecule has 1 aromatic heterocycles. The van der Waals surface area contributed by atoms with Crippen LogP contribution in [0.3, 0.4) is 0 Å². The SMILES string of the molecule is C=C(N/N=C(\Cc1ccncn1)c1ccc(C)cc1)C1CCC(N2CCN(CC)CC2)CC1. The molecule has 33 heavy (non-hydrogen) atoms. The van der Waals surface area contributed by atoms with Crippen LogP contribution in [0.5, 0.6) is 0 Å². The van der Waals surface area contributed by atoms with Gasteiger partial charge in [0.05, 0.1) is 5.71 Å². The largest absolute Gasteiger partial charge is 0.301 e. The van der Waals surface area contributed by atoms with Crippen molar-refractivity contribution in [3.05, 3.63) is 72.0 Å². The van der Waals surface area contributed by atoms with Crippen LogP contribution in [0.15, 0.2) is 60.2 Å². The molecule has 0 atom stereocenters. The van der Waals surface area contributed by atoms with E-state index in [0.717, 1.165) is 28.7 Å². The van der Waals surface area contributed by atoms with E-state index < -0.39 is 0 Å². The van der Waals surface area contributed by atoms with Gasteiger partial charge in [-0.3, -0.25) is 10.3 Å². The summed E-state index contributed by atoms with van der Waals surface area (Å²) in [5.41, 5.74) is 8.64. The lowest BCUT2D eigenvalue weighted by molar-refractivity contribution is 0.0754. The second-order valence-corrected chi connectivity index (χ2v) is 9.41. The minimum Gasteiger partial charge on any atom is -0.301 e. The van der Waals surface area contributed by atoms with Gasteiger partial charge in [-0.15, -0.1) is 0 Å². The van der Waals surface area contributed by atoms with Gasteiger partial charge in [-0.25, -0.2) is 9.97 Å². The second kappa shape index (κ2) is 11.5. The molecule has 2 aliphatic rings. The van der Waals surface area contributed by atoms with Gasteiger partial charge in [0.25, 0.3) is 0 Å². The summed E-state index contributed by atoms with van der Waals surface area (Å²) in [7, 11) is 0. The lowest BCUT2D eigenvalue weighted by Crippen LogP contribution is -2.51. The summed E-state index contributed by atoms with van der Waals surface area (Å²) < 4.78 is 0. The molecule has 0 unspecified atom stereocenters. The molecule has 1 aliphatic heterocycles. The molecule has 6 heteroatoms. The average molecular weight is 447 g/mol. The monoisotopic (exact) mass is 446 g/mol. The Morgan fingerprint density at radius 3 is 2.42 bits per heavy atom. The number of piperazine rings is 1. The Morgan fingerprint density at radius 2 is 1.79 bits per heavy atom. The van der Waals surface area contributed by atoms with Gasteiger partial charge in [0.2, 0.25) is 0 Å². The maximum atomic E-state index is 4.81. The van der Waals surface area contributed by atoms with Crippen molar-refractivity contribution in [2.75, 3.05) is 32.7 Å². The number of hydrogen-bond acceptors (Lipinski definition) is 6. The predicted molar refractivity (Wildman–Crippen MR) is 135 cm³/mol. The van der Waals surface area contributed by atoms with E-state index in [0.29, 0.717) is 12.3 Å². The van der Waals surface area contributed by atoms with Crippen LogP contribution in [0.4, 0.5) is 0 Å². The summed E-state index contributed by atoms with van der Waals surface area (Å²) in [4.78, 5) is 13.7. The predicted octanol–water partition coefficient (Wildman–Crippen LogP) is 4.03. The van der Waals surface area contributed by atoms with Crippen molar-refractivity contribution in [1.29, 1.82) is 0 Å². The first-order valence-electron chi connectivity index (χ1n) is 12.4. The molecular formula is C27H38N6. The van der Waals surface area contributed by atoms with E-state index in [-0.39, 0.29) is 0 Å². The number of nitrogens with zero attached hydrogens (tertiary/aromatic N) is 5. The van der Waals surface area contributed by atoms with Crippen molar-refractivity contribution in [3.8, 4) is 0 Å². The first-order valence-corrected chi connectivity index (χ1v) is 12.4. The lowest BCUT2D eigenvalue weighted by Gasteiger charge is -2.42. The maximum absolute atomic E-state index is 4.81. The smallest absolute Gasteiger partial charge is 0.115 e. The highest BCUT2D eigenvalue weighted by Crippen LogP contribution is 2.31. The van der Waals surface area contributed by atoms with E-state index in [2.05, 4.69) is 69.9 Å². The molecule has 0 bridgehead atoms. The minimum absolute atomic E-state index is 0.486. The van der Waals surface area contributed by atoms with Crippen LogP contribution in [0.2, 0.25) is 0 Å². The number of rotatable bonds is 8. The van der Waals surface area contributed by atoms with Gasteiger partial charge in [0.1, 0.15) is 6.33 Å². The molecule has 176 valence electrons. The average Bonchev–Trinajstić information content (AvgIpc) is 2.87. The summed E-state index contributed by atoms with van der Waals surface area (Å²) in [6.07, 6.45) is 8.91. The number of hydrazone groups is 1. The molecule has 2 heterocycles. The van der Waals surface area contributed by atoms with Gasteiger partial charge in [0, 0.05) is 62.1 Å². The van der Waals surface area contributed by atoms with Gasteiger partial charge in [-0.2, -0.15) is 5.10 Å². The zero-order valence-corrected chi connectivity index (χ0v) is 20.2. The normalized spacial score (nSPS) is 22.8. The number of aryl methyl sites for hydroxylation is 1. The Balaban J connectivity index is 1.34. The van der Waals surface area contributed by atoms with E-state index in [9.17, 15) is 0 Å². The summed E-state index contributed by atoms with van der Waals surface area (Å²) >= 11 is 0. The molecule has 0 amide bonds. The maximum Gasteiger partial charge on any atom is 0.115 e. The number of aromatic nitrogens is 2. The zero-order chi connectivity index (χ0) is 23.0. The molecule has 1 saturated heterocycles. The zero-order valence-electron chi connectivity index (χ0n) is 20.2. The van der Waals surface area contributed by atoms with Crippen molar-refractivity contribution in [1.82, 2.24) is 25.2 Å². The van der Waals surface area contributed by atoms with Crippen molar-refractivity contribution < 1.29 is 0 Å². The van der Waals surface area contributed by atoms with Gasteiger partial charge in [0.15, 0.2) is 0 Å². The highest BCUT2D eigenvalue weighted by atomic mass is 15.3. The van der Waals surface area contributed by atoms with Crippen LogP contribution < -0.4 is 5.43 Å². The molecule has 1 N–H and O–H groups in total.